The molecule has 104 valence electrons. The number of carbonyl (C=O) groups is 1. The quantitative estimate of drug-likeness (QED) is 0.650. The molecule has 3 nitrogen and oxygen atoms in total. The minimum absolute atomic E-state index is 0.0292. The largest absolute Gasteiger partial charge is 0.481 e. The van der Waals surface area contributed by atoms with Gasteiger partial charge in [0.15, 0.2) is 0 Å². The van der Waals surface area contributed by atoms with Crippen molar-refractivity contribution in [3.8, 4) is 0 Å². The van der Waals surface area contributed by atoms with E-state index in [1.165, 1.54) is 0 Å². The Hall–Kier alpha value is -1.65. The first kappa shape index (κ1) is 14.8. The zero-order valence-electron chi connectivity index (χ0n) is 10.7. The van der Waals surface area contributed by atoms with E-state index in [1.54, 1.807) is 23.9 Å². The van der Waals surface area contributed by atoms with Crippen LogP contribution in [-0.4, -0.2) is 11.1 Å². The van der Waals surface area contributed by atoms with Crippen LogP contribution in [0.3, 0.4) is 0 Å². The van der Waals surface area contributed by atoms with E-state index in [1.807, 2.05) is 30.3 Å². The van der Waals surface area contributed by atoms with Crippen LogP contribution in [0.1, 0.15) is 11.1 Å². The average molecular weight is 308 g/mol. The molecule has 0 saturated heterocycles. The van der Waals surface area contributed by atoms with Gasteiger partial charge in [-0.15, -0.1) is 11.8 Å². The van der Waals surface area contributed by atoms with Gasteiger partial charge >= 0.3 is 5.97 Å². The maximum Gasteiger partial charge on any atom is 0.307 e. The van der Waals surface area contributed by atoms with Gasteiger partial charge in [0, 0.05) is 16.3 Å². The van der Waals surface area contributed by atoms with Crippen molar-refractivity contribution in [3.05, 3.63) is 58.6 Å². The molecule has 3 N–H and O–H groups in total. The molecule has 0 heterocycles. The number of anilines is 1. The number of rotatable bonds is 5. The fraction of sp³-hybridized carbons (Fsp3) is 0.133. The molecule has 0 aliphatic carbocycles. The van der Waals surface area contributed by atoms with Crippen molar-refractivity contribution in [2.75, 3.05) is 5.73 Å². The number of hydrogen-bond acceptors (Lipinski definition) is 3. The molecule has 5 heteroatoms. The van der Waals surface area contributed by atoms with E-state index in [-0.39, 0.29) is 6.42 Å². The Morgan fingerprint density at radius 3 is 2.60 bits per heavy atom. The van der Waals surface area contributed by atoms with Gasteiger partial charge in [0.25, 0.3) is 0 Å². The molecule has 0 unspecified atom stereocenters. The topological polar surface area (TPSA) is 63.3 Å². The van der Waals surface area contributed by atoms with Gasteiger partial charge in [-0.3, -0.25) is 4.79 Å². The molecule has 0 spiro atoms. The van der Waals surface area contributed by atoms with Crippen LogP contribution in [-0.2, 0) is 17.0 Å². The van der Waals surface area contributed by atoms with Crippen molar-refractivity contribution in [1.29, 1.82) is 0 Å². The van der Waals surface area contributed by atoms with Crippen LogP contribution in [0.2, 0.25) is 5.02 Å². The zero-order valence-corrected chi connectivity index (χ0v) is 12.2. The maximum absolute atomic E-state index is 10.8. The number of nitrogen functional groups attached to an aromatic ring is 1. The lowest BCUT2D eigenvalue weighted by atomic mass is 10.1. The summed E-state index contributed by atoms with van der Waals surface area (Å²) in [5, 5.41) is 9.57. The molecular formula is C15H14ClNO2S. The maximum atomic E-state index is 10.8. The minimum atomic E-state index is -0.829. The number of benzene rings is 2. The Balaban J connectivity index is 2.14. The average Bonchev–Trinajstić information content (AvgIpc) is 2.41. The first-order valence-electron chi connectivity index (χ1n) is 6.02. The summed E-state index contributed by atoms with van der Waals surface area (Å²) >= 11 is 7.67. The molecule has 0 amide bonds. The molecule has 0 bridgehead atoms. The molecule has 0 aliphatic heterocycles. The van der Waals surface area contributed by atoms with E-state index in [4.69, 9.17) is 22.4 Å². The zero-order chi connectivity index (χ0) is 14.5. The standard InChI is InChI=1S/C15H14ClNO2S/c16-13-6-5-12(17)8-14(13)20-9-11-4-2-1-3-10(11)7-15(18)19/h1-6,8H,7,9,17H2,(H,18,19). The highest BCUT2D eigenvalue weighted by Gasteiger charge is 2.08. The SMILES string of the molecule is Nc1ccc(Cl)c(SCc2ccccc2CC(=O)O)c1. The molecule has 20 heavy (non-hydrogen) atoms. The van der Waals surface area contributed by atoms with Gasteiger partial charge in [-0.1, -0.05) is 35.9 Å². The number of nitrogens with two attached hydrogens (primary N) is 1. The summed E-state index contributed by atoms with van der Waals surface area (Å²) in [6.07, 6.45) is 0.0292. The second-order valence-corrected chi connectivity index (χ2v) is 5.74. The molecule has 0 fully saturated rings. The van der Waals surface area contributed by atoms with Crippen molar-refractivity contribution >= 4 is 35.0 Å². The number of carboxylic acid groups (broad SMARTS) is 1. The van der Waals surface area contributed by atoms with Crippen molar-refractivity contribution in [1.82, 2.24) is 0 Å². The molecular weight excluding hydrogens is 294 g/mol. The van der Waals surface area contributed by atoms with Gasteiger partial charge in [-0.2, -0.15) is 0 Å². The van der Waals surface area contributed by atoms with Gasteiger partial charge in [0.05, 0.1) is 11.4 Å². The molecule has 0 atom stereocenters. The fourth-order valence-electron chi connectivity index (χ4n) is 1.82. The highest BCUT2D eigenvalue weighted by molar-refractivity contribution is 7.98. The van der Waals surface area contributed by atoms with Crippen molar-refractivity contribution in [3.63, 3.8) is 0 Å². The van der Waals surface area contributed by atoms with Crippen molar-refractivity contribution in [2.24, 2.45) is 0 Å². The summed E-state index contributed by atoms with van der Waals surface area (Å²) in [6, 6.07) is 12.9. The van der Waals surface area contributed by atoms with E-state index in [2.05, 4.69) is 0 Å². The molecule has 2 rings (SSSR count). The number of thioether (sulfide) groups is 1. The third-order valence-corrected chi connectivity index (χ3v) is 4.34. The molecule has 2 aromatic rings. The molecule has 0 radical (unpaired) electrons. The van der Waals surface area contributed by atoms with E-state index >= 15 is 0 Å². The summed E-state index contributed by atoms with van der Waals surface area (Å²) in [5.41, 5.74) is 8.23. The Kier molecular flexibility index (Phi) is 4.93. The lowest BCUT2D eigenvalue weighted by Gasteiger charge is -2.09. The van der Waals surface area contributed by atoms with Crippen molar-refractivity contribution < 1.29 is 9.90 Å². The number of halogens is 1. The molecule has 2 aromatic carbocycles. The van der Waals surface area contributed by atoms with Gasteiger partial charge < -0.3 is 10.8 Å². The third kappa shape index (κ3) is 3.92. The van der Waals surface area contributed by atoms with Gasteiger partial charge in [0.1, 0.15) is 0 Å². The van der Waals surface area contributed by atoms with E-state index in [0.717, 1.165) is 16.0 Å². The van der Waals surface area contributed by atoms with Crippen LogP contribution >= 0.6 is 23.4 Å². The first-order valence-corrected chi connectivity index (χ1v) is 7.39. The lowest BCUT2D eigenvalue weighted by molar-refractivity contribution is -0.136. The predicted octanol–water partition coefficient (Wildman–Crippen LogP) is 3.84. The molecule has 0 aliphatic rings. The van der Waals surface area contributed by atoms with Gasteiger partial charge in [-0.25, -0.2) is 0 Å². The van der Waals surface area contributed by atoms with Crippen LogP contribution < -0.4 is 5.73 Å². The third-order valence-electron chi connectivity index (χ3n) is 2.80. The molecule has 0 aromatic heterocycles. The lowest BCUT2D eigenvalue weighted by Crippen LogP contribution is -2.02. The van der Waals surface area contributed by atoms with E-state index in [9.17, 15) is 4.79 Å². The summed E-state index contributed by atoms with van der Waals surface area (Å²) in [7, 11) is 0. The second-order valence-electron chi connectivity index (χ2n) is 4.32. The summed E-state index contributed by atoms with van der Waals surface area (Å²) in [6.45, 7) is 0. The van der Waals surface area contributed by atoms with E-state index in [0.29, 0.717) is 16.5 Å². The monoisotopic (exact) mass is 307 g/mol. The highest BCUT2D eigenvalue weighted by atomic mass is 35.5. The smallest absolute Gasteiger partial charge is 0.307 e. The minimum Gasteiger partial charge on any atom is -0.481 e. The number of aliphatic carboxylic acids is 1. The summed E-state index contributed by atoms with van der Waals surface area (Å²) in [4.78, 5) is 11.7. The van der Waals surface area contributed by atoms with Gasteiger partial charge in [0.2, 0.25) is 0 Å². The Bertz CT molecular complexity index is 631. The number of hydrogen-bond donors (Lipinski definition) is 2. The fourth-order valence-corrected chi connectivity index (χ4v) is 3.12. The summed E-state index contributed by atoms with van der Waals surface area (Å²) < 4.78 is 0. The first-order chi connectivity index (χ1) is 9.56. The van der Waals surface area contributed by atoms with E-state index < -0.39 is 5.97 Å². The Morgan fingerprint density at radius 1 is 1.20 bits per heavy atom. The number of carboxylic acids is 1. The summed E-state index contributed by atoms with van der Waals surface area (Å²) in [5.74, 6) is -0.170. The Morgan fingerprint density at radius 2 is 1.90 bits per heavy atom. The van der Waals surface area contributed by atoms with Crippen LogP contribution in [0.5, 0.6) is 0 Å². The second kappa shape index (κ2) is 6.68. The Labute approximate surface area is 126 Å². The predicted molar refractivity (Wildman–Crippen MR) is 83.2 cm³/mol. The van der Waals surface area contributed by atoms with Crippen LogP contribution in [0.25, 0.3) is 0 Å². The highest BCUT2D eigenvalue weighted by Crippen LogP contribution is 2.32. The van der Waals surface area contributed by atoms with Crippen molar-refractivity contribution in [2.45, 2.75) is 17.1 Å². The van der Waals surface area contributed by atoms with Crippen LogP contribution in [0.15, 0.2) is 47.4 Å². The normalized spacial score (nSPS) is 10.4. The van der Waals surface area contributed by atoms with Gasteiger partial charge in [-0.05, 0) is 29.3 Å². The van der Waals surface area contributed by atoms with Crippen LogP contribution in [0.4, 0.5) is 5.69 Å². The van der Waals surface area contributed by atoms with Crippen LogP contribution in [0, 0.1) is 0 Å². The molecule has 0 saturated carbocycles.